The van der Waals surface area contributed by atoms with Gasteiger partial charge in [-0.1, -0.05) is 41.9 Å². The number of para-hydroxylation sites is 2. The van der Waals surface area contributed by atoms with Crippen LogP contribution in [0.4, 0.5) is 34.6 Å². The Morgan fingerprint density at radius 1 is 0.794 bits per heavy atom. The normalized spacial score (nSPS) is 14.9. The van der Waals surface area contributed by atoms with E-state index in [1.807, 2.05) is 0 Å². The van der Waals surface area contributed by atoms with Gasteiger partial charge in [0.15, 0.2) is 0 Å². The first-order valence-electron chi connectivity index (χ1n) is 10.3. The number of rotatable bonds is 5. The van der Waals surface area contributed by atoms with E-state index in [2.05, 4.69) is 0 Å². The topological polar surface area (TPSA) is 43.9 Å². The second-order valence-corrected chi connectivity index (χ2v) is 9.83. The van der Waals surface area contributed by atoms with Crippen LogP contribution in [0.1, 0.15) is 0 Å². The molecule has 0 saturated carbocycles. The number of nitrogens with zero attached hydrogens (tertiary/aromatic N) is 3. The van der Waals surface area contributed by atoms with Crippen LogP contribution >= 0.6 is 11.6 Å². The third-order valence-electron chi connectivity index (χ3n) is 5.48. The predicted octanol–water partition coefficient (Wildman–Crippen LogP) is 5.52. The molecule has 0 aliphatic carbocycles. The van der Waals surface area contributed by atoms with Gasteiger partial charge < -0.3 is 9.80 Å². The lowest BCUT2D eigenvalue weighted by molar-refractivity contribution is -0.115. The summed E-state index contributed by atoms with van der Waals surface area (Å²) in [5.74, 6) is -0.487. The lowest BCUT2D eigenvalue weighted by Gasteiger charge is -2.39. The van der Waals surface area contributed by atoms with E-state index in [9.17, 15) is 26.0 Å². The fraction of sp³-hybridized carbons (Fsp3) is 0.217. The second kappa shape index (κ2) is 9.34. The van der Waals surface area contributed by atoms with Crippen molar-refractivity contribution < 1.29 is 26.0 Å². The Bertz CT molecular complexity index is 1260. The van der Waals surface area contributed by atoms with Gasteiger partial charge in [-0.05, 0) is 42.5 Å². The molecule has 34 heavy (non-hydrogen) atoms. The molecule has 3 aromatic rings. The monoisotopic (exact) mass is 513 g/mol. The van der Waals surface area contributed by atoms with E-state index in [1.165, 1.54) is 36.4 Å². The summed E-state index contributed by atoms with van der Waals surface area (Å²) in [5, 5.41) is 0.265. The molecule has 180 valence electrons. The molecular weight excluding hydrogens is 494 g/mol. The maximum Gasteiger partial charge on any atom is 0.498 e. The van der Waals surface area contributed by atoms with Gasteiger partial charge >= 0.3 is 6.30 Å². The number of benzene rings is 3. The fourth-order valence-corrected chi connectivity index (χ4v) is 5.49. The molecule has 11 heteroatoms. The Morgan fingerprint density at radius 2 is 1.35 bits per heavy atom. The summed E-state index contributed by atoms with van der Waals surface area (Å²) in [4.78, 5) is 2.97. The van der Waals surface area contributed by atoms with E-state index in [0.29, 0.717) is 18.8 Å². The quantitative estimate of drug-likeness (QED) is 0.333. The Hall–Kier alpha value is -2.98. The summed E-state index contributed by atoms with van der Waals surface area (Å²) < 4.78 is 82.4. The average molecular weight is 514 g/mol. The van der Waals surface area contributed by atoms with Crippen LogP contribution in [0.25, 0.3) is 0 Å². The lowest BCUT2D eigenvalue weighted by atomic mass is 10.2. The van der Waals surface area contributed by atoms with Crippen LogP contribution < -0.4 is 14.1 Å². The van der Waals surface area contributed by atoms with Gasteiger partial charge in [-0.2, -0.15) is 4.31 Å². The summed E-state index contributed by atoms with van der Waals surface area (Å²) in [6.07, 6.45) is -5.20. The van der Waals surface area contributed by atoms with Gasteiger partial charge in [0.2, 0.25) is 0 Å². The first kappa shape index (κ1) is 24.2. The first-order valence-corrected chi connectivity index (χ1v) is 12.1. The van der Waals surface area contributed by atoms with Crippen LogP contribution in [0.5, 0.6) is 0 Å². The molecule has 0 atom stereocenters. The van der Waals surface area contributed by atoms with Crippen molar-refractivity contribution in [3.05, 3.63) is 83.6 Å². The number of sulfonamides is 1. The summed E-state index contributed by atoms with van der Waals surface area (Å²) in [6.45, 7) is 1.17. The van der Waals surface area contributed by atoms with Crippen LogP contribution in [-0.4, -0.2) is 40.9 Å². The van der Waals surface area contributed by atoms with E-state index < -0.39 is 37.0 Å². The van der Waals surface area contributed by atoms with Crippen LogP contribution in [0.15, 0.2) is 77.7 Å². The maximum absolute atomic E-state index is 14.3. The molecule has 1 aliphatic heterocycles. The molecule has 0 radical (unpaired) electrons. The molecule has 1 fully saturated rings. The molecular formula is C23H20ClF4N3O2S. The van der Waals surface area contributed by atoms with Gasteiger partial charge in [-0.25, -0.2) is 12.8 Å². The minimum Gasteiger partial charge on any atom is -0.366 e. The van der Waals surface area contributed by atoms with Crippen molar-refractivity contribution in [3.8, 4) is 0 Å². The van der Waals surface area contributed by atoms with Crippen LogP contribution in [0.3, 0.4) is 0 Å². The predicted molar refractivity (Wildman–Crippen MR) is 124 cm³/mol. The Kier molecular flexibility index (Phi) is 6.64. The molecule has 1 heterocycles. The molecule has 4 rings (SSSR count). The molecule has 0 bridgehead atoms. The lowest BCUT2D eigenvalue weighted by Crippen LogP contribution is -2.48. The number of hydrogen-bond acceptors (Lipinski definition) is 4. The third-order valence-corrected chi connectivity index (χ3v) is 7.47. The van der Waals surface area contributed by atoms with Gasteiger partial charge in [0, 0.05) is 31.2 Å². The number of hydrogen-bond donors (Lipinski definition) is 0. The minimum atomic E-state index is -5.20. The number of halogens is 5. The zero-order valence-corrected chi connectivity index (χ0v) is 19.3. The third kappa shape index (κ3) is 4.78. The number of anilines is 3. The smallest absolute Gasteiger partial charge is 0.366 e. The van der Waals surface area contributed by atoms with Gasteiger partial charge in [0.1, 0.15) is 5.82 Å². The maximum atomic E-state index is 14.3. The van der Waals surface area contributed by atoms with E-state index in [4.69, 9.17) is 11.6 Å². The zero-order valence-electron chi connectivity index (χ0n) is 17.7. The Morgan fingerprint density at radius 3 is 1.94 bits per heavy atom. The second-order valence-electron chi connectivity index (χ2n) is 7.61. The largest absolute Gasteiger partial charge is 0.498 e. The molecule has 0 amide bonds. The SMILES string of the molecule is O=S(=O)(c1ccccc1)N(c1ccccc1N1CCN(c2ccc(Cl)cc2F)CC1)C(F)(F)F. The van der Waals surface area contributed by atoms with Crippen molar-refractivity contribution >= 4 is 38.7 Å². The summed E-state index contributed by atoms with van der Waals surface area (Å²) in [5.41, 5.74) is -0.0264. The molecule has 1 aliphatic rings. The van der Waals surface area contributed by atoms with Gasteiger partial charge in [-0.3, -0.25) is 0 Å². The molecule has 5 nitrogen and oxygen atoms in total. The molecule has 0 N–H and O–H groups in total. The van der Waals surface area contributed by atoms with Crippen molar-refractivity contribution in [2.45, 2.75) is 11.2 Å². The van der Waals surface area contributed by atoms with Crippen LogP contribution in [-0.2, 0) is 10.0 Å². The number of piperazine rings is 1. The highest BCUT2D eigenvalue weighted by molar-refractivity contribution is 7.92. The van der Waals surface area contributed by atoms with Gasteiger partial charge in [-0.15, -0.1) is 13.2 Å². The number of alkyl halides is 3. The first-order chi connectivity index (χ1) is 16.1. The minimum absolute atomic E-state index is 0.121. The Labute approximate surface area is 199 Å². The zero-order chi connectivity index (χ0) is 24.5. The highest BCUT2D eigenvalue weighted by Crippen LogP contribution is 2.40. The van der Waals surface area contributed by atoms with Gasteiger partial charge in [0.25, 0.3) is 10.0 Å². The summed E-state index contributed by atoms with van der Waals surface area (Å²) in [7, 11) is -4.93. The highest BCUT2D eigenvalue weighted by atomic mass is 35.5. The van der Waals surface area contributed by atoms with Crippen molar-refractivity contribution in [1.82, 2.24) is 0 Å². The molecule has 1 saturated heterocycles. The molecule has 0 spiro atoms. The van der Waals surface area contributed by atoms with Crippen molar-refractivity contribution in [3.63, 3.8) is 0 Å². The van der Waals surface area contributed by atoms with Gasteiger partial charge in [0.05, 0.1) is 22.0 Å². The van der Waals surface area contributed by atoms with E-state index >= 15 is 0 Å². The molecule has 0 unspecified atom stereocenters. The highest BCUT2D eigenvalue weighted by Gasteiger charge is 2.48. The molecule has 0 aromatic heterocycles. The van der Waals surface area contributed by atoms with Crippen LogP contribution in [0.2, 0.25) is 5.02 Å². The summed E-state index contributed by atoms with van der Waals surface area (Å²) >= 11 is 5.81. The fourth-order valence-electron chi connectivity index (χ4n) is 3.93. The summed E-state index contributed by atoms with van der Waals surface area (Å²) in [6, 6.07) is 16.3. The average Bonchev–Trinajstić information content (AvgIpc) is 2.79. The van der Waals surface area contributed by atoms with Crippen LogP contribution in [0, 0.1) is 5.82 Å². The Balaban J connectivity index is 1.66. The standard InChI is InChI=1S/C23H20ClF4N3O2S/c24-17-10-11-20(19(25)16-17)29-12-14-30(15-13-29)21-8-4-5-9-22(21)31(23(26,27)28)34(32,33)18-6-2-1-3-7-18/h1-11,16H,12-15H2. The van der Waals surface area contributed by atoms with Crippen molar-refractivity contribution in [2.75, 3.05) is 40.3 Å². The van der Waals surface area contributed by atoms with Crippen molar-refractivity contribution in [2.24, 2.45) is 0 Å². The molecule has 3 aromatic carbocycles. The van der Waals surface area contributed by atoms with Crippen molar-refractivity contribution in [1.29, 1.82) is 0 Å². The van der Waals surface area contributed by atoms with E-state index in [0.717, 1.165) is 18.2 Å². The van der Waals surface area contributed by atoms with E-state index in [-0.39, 0.29) is 23.8 Å². The van der Waals surface area contributed by atoms with E-state index in [1.54, 1.807) is 28.0 Å².